The van der Waals surface area contributed by atoms with Crippen molar-refractivity contribution in [1.82, 2.24) is 0 Å². The molecule has 118 valence electrons. The minimum absolute atomic E-state index is 0.148. The van der Waals surface area contributed by atoms with E-state index in [1.165, 1.54) is 6.07 Å². The summed E-state index contributed by atoms with van der Waals surface area (Å²) in [6.45, 7) is 2.52. The Kier molecular flexibility index (Phi) is 4.75. The Morgan fingerprint density at radius 1 is 1.45 bits per heavy atom. The van der Waals surface area contributed by atoms with E-state index in [4.69, 9.17) is 5.11 Å². The number of carboxylic acids is 1. The van der Waals surface area contributed by atoms with Crippen LogP contribution in [0.2, 0.25) is 0 Å². The van der Waals surface area contributed by atoms with E-state index in [-0.39, 0.29) is 24.4 Å². The van der Waals surface area contributed by atoms with E-state index in [1.54, 1.807) is 24.0 Å². The maximum Gasteiger partial charge on any atom is 0.308 e. The van der Waals surface area contributed by atoms with Crippen molar-refractivity contribution in [2.75, 3.05) is 18.0 Å². The molecule has 1 saturated heterocycles. The predicted molar refractivity (Wildman–Crippen MR) is 80.3 cm³/mol. The molecule has 0 amide bonds. The smallest absolute Gasteiger partial charge is 0.308 e. The Morgan fingerprint density at radius 3 is 2.77 bits per heavy atom. The maximum absolute atomic E-state index is 11.7. The number of nitro benzene ring substituents is 1. The summed E-state index contributed by atoms with van der Waals surface area (Å²) < 4.78 is 0. The van der Waals surface area contributed by atoms with Crippen molar-refractivity contribution in [3.8, 4) is 0 Å². The SMILES string of the molecule is CCC(=O)c1ccc(N2CCCC(C(=O)O)C2)c([N+](=O)[O-])c1. The summed E-state index contributed by atoms with van der Waals surface area (Å²) in [5.41, 5.74) is 0.540. The van der Waals surface area contributed by atoms with Crippen LogP contribution in [0.3, 0.4) is 0 Å². The number of nitro groups is 1. The molecule has 0 saturated carbocycles. The van der Waals surface area contributed by atoms with Crippen LogP contribution >= 0.6 is 0 Å². The van der Waals surface area contributed by atoms with Gasteiger partial charge in [-0.2, -0.15) is 0 Å². The molecule has 2 rings (SSSR count). The highest BCUT2D eigenvalue weighted by Gasteiger charge is 2.29. The van der Waals surface area contributed by atoms with Crippen LogP contribution in [-0.2, 0) is 4.79 Å². The second-order valence-electron chi connectivity index (χ2n) is 5.36. The average molecular weight is 306 g/mol. The van der Waals surface area contributed by atoms with Gasteiger partial charge >= 0.3 is 5.97 Å². The van der Waals surface area contributed by atoms with Gasteiger partial charge in [-0.05, 0) is 25.0 Å². The number of hydrogen-bond donors (Lipinski definition) is 1. The van der Waals surface area contributed by atoms with Crippen LogP contribution in [-0.4, -0.2) is 34.9 Å². The number of rotatable bonds is 5. The average Bonchev–Trinajstić information content (AvgIpc) is 2.53. The van der Waals surface area contributed by atoms with E-state index < -0.39 is 16.8 Å². The first-order valence-electron chi connectivity index (χ1n) is 7.23. The third kappa shape index (κ3) is 3.24. The Balaban J connectivity index is 2.35. The van der Waals surface area contributed by atoms with Gasteiger partial charge in [0.25, 0.3) is 5.69 Å². The number of hydrogen-bond acceptors (Lipinski definition) is 5. The van der Waals surface area contributed by atoms with Gasteiger partial charge in [0.2, 0.25) is 0 Å². The summed E-state index contributed by atoms with van der Waals surface area (Å²) in [5.74, 6) is -1.56. The van der Waals surface area contributed by atoms with E-state index in [2.05, 4.69) is 0 Å². The molecule has 1 unspecified atom stereocenters. The Bertz CT molecular complexity index is 614. The first kappa shape index (κ1) is 15.9. The number of carboxylic acid groups (broad SMARTS) is 1. The fourth-order valence-corrected chi connectivity index (χ4v) is 2.71. The van der Waals surface area contributed by atoms with Gasteiger partial charge in [-0.15, -0.1) is 0 Å². The lowest BCUT2D eigenvalue weighted by atomic mass is 9.97. The largest absolute Gasteiger partial charge is 0.481 e. The number of aliphatic carboxylic acids is 1. The van der Waals surface area contributed by atoms with Crippen LogP contribution in [0.5, 0.6) is 0 Å². The molecule has 0 aliphatic carbocycles. The fourth-order valence-electron chi connectivity index (χ4n) is 2.71. The lowest BCUT2D eigenvalue weighted by Crippen LogP contribution is -2.39. The molecular weight excluding hydrogens is 288 g/mol. The van der Waals surface area contributed by atoms with Crippen LogP contribution in [0.1, 0.15) is 36.5 Å². The highest BCUT2D eigenvalue weighted by atomic mass is 16.6. The second kappa shape index (κ2) is 6.55. The lowest BCUT2D eigenvalue weighted by Gasteiger charge is -2.32. The van der Waals surface area contributed by atoms with Gasteiger partial charge in [0, 0.05) is 31.1 Å². The lowest BCUT2D eigenvalue weighted by molar-refractivity contribution is -0.384. The Morgan fingerprint density at radius 2 is 2.18 bits per heavy atom. The normalized spacial score (nSPS) is 18.0. The number of nitrogens with zero attached hydrogens (tertiary/aromatic N) is 2. The molecule has 7 heteroatoms. The summed E-state index contributed by atoms with van der Waals surface area (Å²) in [4.78, 5) is 35.3. The topological polar surface area (TPSA) is 101 Å². The Hall–Kier alpha value is -2.44. The van der Waals surface area contributed by atoms with E-state index in [1.807, 2.05) is 0 Å². The molecule has 22 heavy (non-hydrogen) atoms. The first-order chi connectivity index (χ1) is 10.4. The summed E-state index contributed by atoms with van der Waals surface area (Å²) >= 11 is 0. The zero-order valence-electron chi connectivity index (χ0n) is 12.3. The number of Topliss-reactive ketones (excluding diaryl/α,β-unsaturated/α-hetero) is 1. The van der Waals surface area contributed by atoms with Crippen molar-refractivity contribution in [3.05, 3.63) is 33.9 Å². The zero-order chi connectivity index (χ0) is 16.3. The van der Waals surface area contributed by atoms with Crippen molar-refractivity contribution >= 4 is 23.1 Å². The van der Waals surface area contributed by atoms with Crippen molar-refractivity contribution in [1.29, 1.82) is 0 Å². The van der Waals surface area contributed by atoms with Crippen molar-refractivity contribution in [2.45, 2.75) is 26.2 Å². The predicted octanol–water partition coefficient (Wildman–Crippen LogP) is 2.49. The minimum atomic E-state index is -0.884. The van der Waals surface area contributed by atoms with Crippen LogP contribution in [0.15, 0.2) is 18.2 Å². The number of ketones is 1. The molecule has 1 aromatic rings. The van der Waals surface area contributed by atoms with Gasteiger partial charge in [0.1, 0.15) is 5.69 Å². The molecule has 1 atom stereocenters. The van der Waals surface area contributed by atoms with E-state index >= 15 is 0 Å². The molecule has 1 fully saturated rings. The molecule has 0 radical (unpaired) electrons. The molecule has 0 bridgehead atoms. The van der Waals surface area contributed by atoms with Gasteiger partial charge in [-0.25, -0.2) is 0 Å². The van der Waals surface area contributed by atoms with E-state index in [0.717, 1.165) is 0 Å². The summed E-state index contributed by atoms with van der Waals surface area (Å²) in [7, 11) is 0. The van der Waals surface area contributed by atoms with E-state index in [0.29, 0.717) is 30.6 Å². The highest BCUT2D eigenvalue weighted by molar-refractivity contribution is 5.97. The third-order valence-corrected chi connectivity index (χ3v) is 3.93. The monoisotopic (exact) mass is 306 g/mol. The molecule has 1 heterocycles. The van der Waals surface area contributed by atoms with Crippen LogP contribution < -0.4 is 4.90 Å². The zero-order valence-corrected chi connectivity index (χ0v) is 12.3. The summed E-state index contributed by atoms with van der Waals surface area (Å²) in [6.07, 6.45) is 1.52. The summed E-state index contributed by atoms with van der Waals surface area (Å²) in [5, 5.41) is 20.4. The number of benzene rings is 1. The van der Waals surface area contributed by atoms with Gasteiger partial charge in [-0.1, -0.05) is 6.92 Å². The van der Waals surface area contributed by atoms with Gasteiger partial charge in [0.15, 0.2) is 5.78 Å². The van der Waals surface area contributed by atoms with Crippen molar-refractivity contribution < 1.29 is 19.6 Å². The van der Waals surface area contributed by atoms with Crippen LogP contribution in [0, 0.1) is 16.0 Å². The molecule has 1 aliphatic heterocycles. The van der Waals surface area contributed by atoms with Crippen molar-refractivity contribution in [2.24, 2.45) is 5.92 Å². The molecular formula is C15H18N2O5. The number of carbonyl (C=O) groups is 2. The second-order valence-corrected chi connectivity index (χ2v) is 5.36. The maximum atomic E-state index is 11.7. The van der Waals surface area contributed by atoms with Gasteiger partial charge in [0.05, 0.1) is 10.8 Å². The number of piperidine rings is 1. The number of carbonyl (C=O) groups excluding carboxylic acids is 1. The Labute approximate surface area is 127 Å². The minimum Gasteiger partial charge on any atom is -0.481 e. The highest BCUT2D eigenvalue weighted by Crippen LogP contribution is 2.32. The van der Waals surface area contributed by atoms with Gasteiger partial charge < -0.3 is 10.0 Å². The first-order valence-corrected chi connectivity index (χ1v) is 7.23. The van der Waals surface area contributed by atoms with Crippen molar-refractivity contribution in [3.63, 3.8) is 0 Å². The molecule has 7 nitrogen and oxygen atoms in total. The van der Waals surface area contributed by atoms with E-state index in [9.17, 15) is 19.7 Å². The van der Waals surface area contributed by atoms with Crippen LogP contribution in [0.4, 0.5) is 11.4 Å². The fraction of sp³-hybridized carbons (Fsp3) is 0.467. The standard InChI is InChI=1S/C15H18N2O5/c1-2-14(18)10-5-6-12(13(8-10)17(21)22)16-7-3-4-11(9-16)15(19)20/h5-6,8,11H,2-4,7,9H2,1H3,(H,19,20). The molecule has 0 spiro atoms. The van der Waals surface area contributed by atoms with Gasteiger partial charge in [-0.3, -0.25) is 19.7 Å². The quantitative estimate of drug-likeness (QED) is 0.509. The summed E-state index contributed by atoms with van der Waals surface area (Å²) in [6, 6.07) is 4.40. The molecule has 0 aromatic heterocycles. The molecule has 1 aromatic carbocycles. The number of anilines is 1. The molecule has 1 aliphatic rings. The van der Waals surface area contributed by atoms with Crippen LogP contribution in [0.25, 0.3) is 0 Å². The third-order valence-electron chi connectivity index (χ3n) is 3.93. The molecule has 1 N–H and O–H groups in total.